The van der Waals surface area contributed by atoms with Gasteiger partial charge in [0, 0.05) is 5.56 Å². The molecule has 0 unspecified atom stereocenters. The lowest BCUT2D eigenvalue weighted by Gasteiger charge is -2.10. The number of aromatic amines is 1. The van der Waals surface area contributed by atoms with Gasteiger partial charge in [0.25, 0.3) is 0 Å². The second-order valence-electron chi connectivity index (χ2n) is 5.48. The van der Waals surface area contributed by atoms with E-state index in [1.165, 1.54) is 11.1 Å². The first-order valence-electron chi connectivity index (χ1n) is 6.72. The molecule has 3 rings (SSSR count). The van der Waals surface area contributed by atoms with Gasteiger partial charge >= 0.3 is 0 Å². The Morgan fingerprint density at radius 3 is 2.60 bits per heavy atom. The van der Waals surface area contributed by atoms with Crippen molar-refractivity contribution < 1.29 is 4.74 Å². The number of hydrogen-bond acceptors (Lipinski definition) is 3. The number of ether oxygens (including phenoxy) is 1. The second-order valence-corrected chi connectivity index (χ2v) is 5.48. The van der Waals surface area contributed by atoms with Crippen molar-refractivity contribution in [1.82, 2.24) is 9.97 Å². The summed E-state index contributed by atoms with van der Waals surface area (Å²) in [4.78, 5) is 7.68. The predicted octanol–water partition coefficient (Wildman–Crippen LogP) is 3.26. The lowest BCUT2D eigenvalue weighted by Crippen LogP contribution is -2.04. The molecule has 2 aromatic rings. The second kappa shape index (κ2) is 4.38. The Morgan fingerprint density at radius 2 is 2.00 bits per heavy atom. The average molecular weight is 267 g/mol. The van der Waals surface area contributed by atoms with Crippen LogP contribution in [-0.4, -0.2) is 17.1 Å². The molecule has 4 heteroatoms. The molecule has 20 heavy (non-hydrogen) atoms. The molecule has 0 saturated heterocycles. The molecule has 1 aliphatic carbocycles. The number of hydrogen-bond donors (Lipinski definition) is 1. The normalized spacial score (nSPS) is 15.7. The van der Waals surface area contributed by atoms with Crippen LogP contribution in [0.1, 0.15) is 29.8 Å². The molecule has 0 radical (unpaired) electrons. The van der Waals surface area contributed by atoms with Gasteiger partial charge in [-0.2, -0.15) is 5.26 Å². The Morgan fingerprint density at radius 1 is 1.30 bits per heavy atom. The zero-order chi connectivity index (χ0) is 14.3. The molecule has 1 aromatic carbocycles. The standard InChI is InChI=1S/C16H17N3O/c1-10-6-12(14(20-3)7-11(10)2)13-8-18-15(19-13)16(9-17)4-5-16/h6-8H,4-5H2,1-3H3,(H,18,19). The molecule has 0 bridgehead atoms. The number of benzene rings is 1. The Kier molecular flexibility index (Phi) is 2.79. The fraction of sp³-hybridized carbons (Fsp3) is 0.375. The molecule has 1 saturated carbocycles. The number of aromatic nitrogens is 2. The first-order valence-corrected chi connectivity index (χ1v) is 6.72. The van der Waals surface area contributed by atoms with Crippen molar-refractivity contribution in [3.05, 3.63) is 35.3 Å². The van der Waals surface area contributed by atoms with Crippen molar-refractivity contribution in [1.29, 1.82) is 5.26 Å². The van der Waals surface area contributed by atoms with Crippen LogP contribution in [0.5, 0.6) is 5.75 Å². The Hall–Kier alpha value is -2.28. The Bertz CT molecular complexity index is 705. The molecule has 0 aliphatic heterocycles. The van der Waals surface area contributed by atoms with E-state index in [-0.39, 0.29) is 5.41 Å². The Balaban J connectivity index is 2.06. The summed E-state index contributed by atoms with van der Waals surface area (Å²) >= 11 is 0. The minimum Gasteiger partial charge on any atom is -0.496 e. The average Bonchev–Trinajstić information content (AvgIpc) is 3.11. The molecule has 0 amide bonds. The zero-order valence-electron chi connectivity index (χ0n) is 11.9. The minimum absolute atomic E-state index is 0.384. The van der Waals surface area contributed by atoms with E-state index in [1.54, 1.807) is 13.3 Å². The van der Waals surface area contributed by atoms with Crippen LogP contribution in [0.3, 0.4) is 0 Å². The van der Waals surface area contributed by atoms with Crippen LogP contribution in [0, 0.1) is 25.2 Å². The van der Waals surface area contributed by atoms with Gasteiger partial charge < -0.3 is 9.72 Å². The molecule has 1 N–H and O–H groups in total. The zero-order valence-corrected chi connectivity index (χ0v) is 11.9. The van der Waals surface area contributed by atoms with E-state index in [4.69, 9.17) is 4.74 Å². The van der Waals surface area contributed by atoms with E-state index < -0.39 is 0 Å². The molecule has 0 atom stereocenters. The van der Waals surface area contributed by atoms with Crippen LogP contribution >= 0.6 is 0 Å². The molecule has 1 aromatic heterocycles. The lowest BCUT2D eigenvalue weighted by atomic mass is 10.0. The number of methoxy groups -OCH3 is 1. The number of nitrogens with zero attached hydrogens (tertiary/aromatic N) is 2. The van der Waals surface area contributed by atoms with Crippen molar-refractivity contribution >= 4 is 0 Å². The summed E-state index contributed by atoms with van der Waals surface area (Å²) in [5, 5.41) is 9.24. The van der Waals surface area contributed by atoms with Gasteiger partial charge in [0.15, 0.2) is 0 Å². The summed E-state index contributed by atoms with van der Waals surface area (Å²) in [5.41, 5.74) is 3.91. The summed E-state index contributed by atoms with van der Waals surface area (Å²) in [6.45, 7) is 4.14. The molecule has 4 nitrogen and oxygen atoms in total. The van der Waals surface area contributed by atoms with E-state index in [1.807, 2.05) is 6.07 Å². The van der Waals surface area contributed by atoms with Gasteiger partial charge in [-0.25, -0.2) is 4.98 Å². The molecule has 1 heterocycles. The fourth-order valence-electron chi connectivity index (χ4n) is 2.40. The first kappa shape index (κ1) is 12.7. The van der Waals surface area contributed by atoms with Gasteiger partial charge in [-0.1, -0.05) is 0 Å². The third-order valence-corrected chi connectivity index (χ3v) is 4.10. The number of nitrogens with one attached hydrogen (secondary N) is 1. The monoisotopic (exact) mass is 267 g/mol. The molecule has 1 fully saturated rings. The maximum absolute atomic E-state index is 9.24. The summed E-state index contributed by atoms with van der Waals surface area (Å²) in [5.74, 6) is 1.60. The maximum atomic E-state index is 9.24. The summed E-state index contributed by atoms with van der Waals surface area (Å²) in [6, 6.07) is 6.48. The Labute approximate surface area is 118 Å². The van der Waals surface area contributed by atoms with E-state index in [0.29, 0.717) is 0 Å². The highest BCUT2D eigenvalue weighted by Crippen LogP contribution is 2.46. The summed E-state index contributed by atoms with van der Waals surface area (Å²) in [7, 11) is 1.67. The van der Waals surface area contributed by atoms with E-state index in [2.05, 4.69) is 36.0 Å². The number of aryl methyl sites for hydroxylation is 2. The van der Waals surface area contributed by atoms with Crippen molar-refractivity contribution in [2.24, 2.45) is 0 Å². The van der Waals surface area contributed by atoms with Crippen LogP contribution in [-0.2, 0) is 5.41 Å². The highest BCUT2D eigenvalue weighted by Gasteiger charge is 2.47. The van der Waals surface area contributed by atoms with Gasteiger partial charge in [-0.05, 0) is 49.9 Å². The molecule has 0 spiro atoms. The fourth-order valence-corrected chi connectivity index (χ4v) is 2.40. The topological polar surface area (TPSA) is 61.7 Å². The van der Waals surface area contributed by atoms with E-state index in [9.17, 15) is 5.26 Å². The quantitative estimate of drug-likeness (QED) is 0.928. The summed E-state index contributed by atoms with van der Waals surface area (Å²) < 4.78 is 5.46. The first-order chi connectivity index (χ1) is 9.59. The minimum atomic E-state index is -0.384. The highest BCUT2D eigenvalue weighted by atomic mass is 16.5. The smallest absolute Gasteiger partial charge is 0.128 e. The third kappa shape index (κ3) is 1.87. The number of imidazole rings is 1. The number of H-pyrrole nitrogens is 1. The van der Waals surface area contributed by atoms with Gasteiger partial charge in [0.05, 0.1) is 25.1 Å². The van der Waals surface area contributed by atoms with Crippen molar-refractivity contribution in [3.8, 4) is 23.1 Å². The van der Waals surface area contributed by atoms with E-state index in [0.717, 1.165) is 35.7 Å². The molecular formula is C16H17N3O. The largest absolute Gasteiger partial charge is 0.496 e. The molecular weight excluding hydrogens is 250 g/mol. The van der Waals surface area contributed by atoms with Crippen LogP contribution in [0.15, 0.2) is 18.3 Å². The highest BCUT2D eigenvalue weighted by molar-refractivity contribution is 5.69. The third-order valence-electron chi connectivity index (χ3n) is 4.10. The van der Waals surface area contributed by atoms with Crippen molar-refractivity contribution in [2.75, 3.05) is 7.11 Å². The van der Waals surface area contributed by atoms with Gasteiger partial charge in [-0.15, -0.1) is 0 Å². The van der Waals surface area contributed by atoms with Gasteiger partial charge in [0.1, 0.15) is 17.0 Å². The lowest BCUT2D eigenvalue weighted by molar-refractivity contribution is 0.416. The van der Waals surface area contributed by atoms with Crippen molar-refractivity contribution in [3.63, 3.8) is 0 Å². The maximum Gasteiger partial charge on any atom is 0.128 e. The van der Waals surface area contributed by atoms with Crippen molar-refractivity contribution in [2.45, 2.75) is 32.1 Å². The summed E-state index contributed by atoms with van der Waals surface area (Å²) in [6.07, 6.45) is 3.57. The number of nitriles is 1. The molecule has 1 aliphatic rings. The molecule has 102 valence electrons. The van der Waals surface area contributed by atoms with E-state index >= 15 is 0 Å². The van der Waals surface area contributed by atoms with Gasteiger partial charge in [-0.3, -0.25) is 0 Å². The van der Waals surface area contributed by atoms with Crippen LogP contribution in [0.4, 0.5) is 0 Å². The SMILES string of the molecule is COc1cc(C)c(C)cc1-c1cnc(C2(C#N)CC2)[nH]1. The van der Waals surface area contributed by atoms with Crippen LogP contribution < -0.4 is 4.74 Å². The van der Waals surface area contributed by atoms with Crippen LogP contribution in [0.25, 0.3) is 11.3 Å². The predicted molar refractivity (Wildman–Crippen MR) is 76.6 cm³/mol. The van der Waals surface area contributed by atoms with Gasteiger partial charge in [0.2, 0.25) is 0 Å². The number of rotatable bonds is 3. The van der Waals surface area contributed by atoms with Crippen LogP contribution in [0.2, 0.25) is 0 Å².